The van der Waals surface area contributed by atoms with E-state index in [1.165, 1.54) is 0 Å². The Balaban J connectivity index is 2.03. The molecule has 0 spiro atoms. The van der Waals surface area contributed by atoms with Gasteiger partial charge in [0.1, 0.15) is 17.0 Å². The largest absolute Gasteiger partial charge is 0.598 e. The van der Waals surface area contributed by atoms with Gasteiger partial charge in [0, 0.05) is 23.1 Å². The molecule has 3 rings (SSSR count). The van der Waals surface area contributed by atoms with Crippen molar-refractivity contribution in [1.29, 1.82) is 0 Å². The zero-order chi connectivity index (χ0) is 22.1. The fourth-order valence-electron chi connectivity index (χ4n) is 3.06. The van der Waals surface area contributed by atoms with E-state index in [9.17, 15) is 9.35 Å². The Morgan fingerprint density at radius 3 is 2.53 bits per heavy atom. The number of fused-ring (bicyclic) bond motifs is 1. The first-order valence-electron chi connectivity index (χ1n) is 9.96. The molecule has 7 heteroatoms. The highest BCUT2D eigenvalue weighted by atomic mass is 32.2. The minimum Gasteiger partial charge on any atom is -0.598 e. The molecule has 0 aliphatic heterocycles. The molecule has 0 amide bonds. The molecule has 2 unspecified atom stereocenters. The fraction of sp³-hybridized carbons (Fsp3) is 0.391. The molecule has 0 saturated carbocycles. The van der Waals surface area contributed by atoms with E-state index in [0.29, 0.717) is 23.7 Å². The standard InChI is InChI=1S/C23H29N3O3S/c1-15-12-19(17(3)25-30(28)23(4,5)6)20-24-21(16(2)22(27)26(20)13-15)29-14-18-10-8-7-9-11-18/h7-13,17,25H,14H2,1-6H3. The fourth-order valence-corrected chi connectivity index (χ4v) is 3.86. The maximum atomic E-state index is 13.0. The molecule has 160 valence electrons. The summed E-state index contributed by atoms with van der Waals surface area (Å²) in [5.74, 6) is 0.318. The number of pyridine rings is 1. The summed E-state index contributed by atoms with van der Waals surface area (Å²) >= 11 is -1.26. The molecule has 2 atom stereocenters. The lowest BCUT2D eigenvalue weighted by Gasteiger charge is -2.27. The molecule has 30 heavy (non-hydrogen) atoms. The zero-order valence-corrected chi connectivity index (χ0v) is 19.2. The lowest BCUT2D eigenvalue weighted by atomic mass is 10.1. The van der Waals surface area contributed by atoms with E-state index in [-0.39, 0.29) is 11.6 Å². The van der Waals surface area contributed by atoms with E-state index in [1.807, 2.05) is 71.0 Å². The molecule has 0 bridgehead atoms. The van der Waals surface area contributed by atoms with Gasteiger partial charge in [-0.2, -0.15) is 4.98 Å². The number of rotatable bonds is 6. The number of aromatic nitrogens is 2. The Bertz CT molecular complexity index is 1090. The molecule has 3 aromatic rings. The molecule has 2 aromatic heterocycles. The third-order valence-electron chi connectivity index (χ3n) is 4.80. The Morgan fingerprint density at radius 2 is 1.90 bits per heavy atom. The van der Waals surface area contributed by atoms with E-state index < -0.39 is 16.1 Å². The molecule has 0 saturated heterocycles. The van der Waals surface area contributed by atoms with E-state index in [0.717, 1.165) is 16.7 Å². The van der Waals surface area contributed by atoms with Crippen molar-refractivity contribution >= 4 is 17.0 Å². The van der Waals surface area contributed by atoms with Crippen LogP contribution in [0.2, 0.25) is 0 Å². The van der Waals surface area contributed by atoms with Crippen molar-refractivity contribution in [2.24, 2.45) is 0 Å². The lowest BCUT2D eigenvalue weighted by Crippen LogP contribution is -2.40. The molecule has 2 heterocycles. The monoisotopic (exact) mass is 427 g/mol. The molecule has 6 nitrogen and oxygen atoms in total. The summed E-state index contributed by atoms with van der Waals surface area (Å²) in [6.45, 7) is 11.6. The third kappa shape index (κ3) is 4.86. The van der Waals surface area contributed by atoms with Crippen molar-refractivity contribution in [2.75, 3.05) is 0 Å². The van der Waals surface area contributed by atoms with E-state index >= 15 is 0 Å². The summed E-state index contributed by atoms with van der Waals surface area (Å²) in [7, 11) is 0. The Labute approximate surface area is 180 Å². The Hall–Kier alpha value is -2.35. The molecular formula is C23H29N3O3S. The van der Waals surface area contributed by atoms with Crippen molar-refractivity contribution in [3.63, 3.8) is 0 Å². The molecule has 0 aliphatic carbocycles. The highest BCUT2D eigenvalue weighted by molar-refractivity contribution is 7.90. The predicted octanol–water partition coefficient (Wildman–Crippen LogP) is 4.00. The first-order valence-corrected chi connectivity index (χ1v) is 11.1. The van der Waals surface area contributed by atoms with Crippen LogP contribution in [0.3, 0.4) is 0 Å². The maximum Gasteiger partial charge on any atom is 0.264 e. The van der Waals surface area contributed by atoms with Crippen molar-refractivity contribution in [3.05, 3.63) is 75.2 Å². The van der Waals surface area contributed by atoms with Crippen LogP contribution in [0.5, 0.6) is 5.88 Å². The molecule has 1 aromatic carbocycles. The van der Waals surface area contributed by atoms with Crippen LogP contribution in [0.4, 0.5) is 0 Å². The second-order valence-electron chi connectivity index (χ2n) is 8.51. The average molecular weight is 428 g/mol. The normalized spacial score (nSPS) is 14.0. The summed E-state index contributed by atoms with van der Waals surface area (Å²) < 4.78 is 22.8. The van der Waals surface area contributed by atoms with E-state index in [2.05, 4.69) is 9.71 Å². The number of aryl methyl sites for hydroxylation is 1. The number of nitrogens with one attached hydrogen (secondary N) is 1. The highest BCUT2D eigenvalue weighted by Crippen LogP contribution is 2.25. The quantitative estimate of drug-likeness (QED) is 0.602. The number of benzene rings is 1. The number of hydrogen-bond donors (Lipinski definition) is 1. The second-order valence-corrected chi connectivity index (χ2v) is 10.5. The van der Waals surface area contributed by atoms with Gasteiger partial charge in [-0.3, -0.25) is 9.20 Å². The van der Waals surface area contributed by atoms with Crippen LogP contribution in [-0.4, -0.2) is 18.7 Å². The van der Waals surface area contributed by atoms with Crippen LogP contribution in [0.1, 0.15) is 56.0 Å². The highest BCUT2D eigenvalue weighted by Gasteiger charge is 2.29. The van der Waals surface area contributed by atoms with Crippen LogP contribution < -0.4 is 15.0 Å². The van der Waals surface area contributed by atoms with Crippen molar-refractivity contribution in [2.45, 2.75) is 58.9 Å². The molecular weight excluding hydrogens is 398 g/mol. The van der Waals surface area contributed by atoms with Gasteiger partial charge >= 0.3 is 0 Å². The van der Waals surface area contributed by atoms with Crippen LogP contribution in [0.25, 0.3) is 5.65 Å². The summed E-state index contributed by atoms with van der Waals surface area (Å²) in [4.78, 5) is 17.7. The molecule has 0 radical (unpaired) electrons. The SMILES string of the molecule is Cc1cc(C(C)N[S+]([O-])C(C)(C)C)c2nc(OCc3ccccc3)c(C)c(=O)n2c1. The van der Waals surface area contributed by atoms with Crippen LogP contribution in [0, 0.1) is 13.8 Å². The first kappa shape index (κ1) is 22.3. The van der Waals surface area contributed by atoms with Gasteiger partial charge in [-0.25, -0.2) is 0 Å². The van der Waals surface area contributed by atoms with Crippen molar-refractivity contribution < 1.29 is 9.29 Å². The second kappa shape index (κ2) is 8.79. The average Bonchev–Trinajstić information content (AvgIpc) is 2.69. The van der Waals surface area contributed by atoms with Gasteiger partial charge in [-0.1, -0.05) is 30.3 Å². The first-order chi connectivity index (χ1) is 14.1. The smallest absolute Gasteiger partial charge is 0.264 e. The lowest BCUT2D eigenvalue weighted by molar-refractivity contribution is 0.291. The minimum absolute atomic E-state index is 0.169. The molecule has 0 aliphatic rings. The summed E-state index contributed by atoms with van der Waals surface area (Å²) in [5.41, 5.74) is 3.52. The Morgan fingerprint density at radius 1 is 1.23 bits per heavy atom. The minimum atomic E-state index is -1.26. The van der Waals surface area contributed by atoms with Gasteiger partial charge in [0.2, 0.25) is 5.88 Å². The summed E-state index contributed by atoms with van der Waals surface area (Å²) in [6, 6.07) is 11.5. The van der Waals surface area contributed by atoms with Crippen molar-refractivity contribution in [3.8, 4) is 5.88 Å². The summed E-state index contributed by atoms with van der Waals surface area (Å²) in [6.07, 6.45) is 1.77. The number of nitrogens with zero attached hydrogens (tertiary/aromatic N) is 2. The topological polar surface area (TPSA) is 78.7 Å². The summed E-state index contributed by atoms with van der Waals surface area (Å²) in [5, 5.41) is 0. The van der Waals surface area contributed by atoms with Gasteiger partial charge in [-0.05, 0) is 58.7 Å². The van der Waals surface area contributed by atoms with Crippen LogP contribution in [0.15, 0.2) is 47.4 Å². The van der Waals surface area contributed by atoms with Gasteiger partial charge in [0.15, 0.2) is 0 Å². The molecule has 0 fully saturated rings. The number of hydrogen-bond acceptors (Lipinski definition) is 5. The van der Waals surface area contributed by atoms with Crippen LogP contribution in [-0.2, 0) is 18.0 Å². The Kier molecular flexibility index (Phi) is 6.55. The van der Waals surface area contributed by atoms with E-state index in [1.54, 1.807) is 17.5 Å². The maximum absolute atomic E-state index is 13.0. The predicted molar refractivity (Wildman–Crippen MR) is 121 cm³/mol. The van der Waals surface area contributed by atoms with Gasteiger partial charge in [0.25, 0.3) is 5.56 Å². The number of ether oxygens (including phenoxy) is 1. The van der Waals surface area contributed by atoms with E-state index in [4.69, 9.17) is 4.74 Å². The third-order valence-corrected chi connectivity index (χ3v) is 6.48. The van der Waals surface area contributed by atoms with Gasteiger partial charge < -0.3 is 9.29 Å². The zero-order valence-electron chi connectivity index (χ0n) is 18.4. The molecule has 1 N–H and O–H groups in total. The van der Waals surface area contributed by atoms with Crippen LogP contribution >= 0.6 is 0 Å². The van der Waals surface area contributed by atoms with Gasteiger partial charge in [-0.15, -0.1) is 4.72 Å². The van der Waals surface area contributed by atoms with Crippen molar-refractivity contribution in [1.82, 2.24) is 14.1 Å². The van der Waals surface area contributed by atoms with Gasteiger partial charge in [0.05, 0.1) is 11.6 Å².